The molecule has 2 heterocycles. The largest absolute Gasteiger partial charge is 0.462 e. The van der Waals surface area contributed by atoms with Crippen LogP contribution in [0.15, 0.2) is 30.3 Å². The van der Waals surface area contributed by atoms with Gasteiger partial charge < -0.3 is 15.0 Å². The van der Waals surface area contributed by atoms with Gasteiger partial charge in [-0.05, 0) is 19.5 Å². The fourth-order valence-electron chi connectivity index (χ4n) is 3.13. The van der Waals surface area contributed by atoms with Crippen molar-refractivity contribution < 1.29 is 14.3 Å². The van der Waals surface area contributed by atoms with Gasteiger partial charge in [-0.25, -0.2) is 4.79 Å². The number of carbonyl (C=O) groups is 2. The first-order chi connectivity index (χ1) is 13.5. The van der Waals surface area contributed by atoms with Crippen molar-refractivity contribution >= 4 is 39.8 Å². The lowest BCUT2D eigenvalue weighted by Crippen LogP contribution is -2.47. The Morgan fingerprint density at radius 2 is 1.86 bits per heavy atom. The van der Waals surface area contributed by atoms with Gasteiger partial charge in [-0.2, -0.15) is 0 Å². The Labute approximate surface area is 174 Å². The van der Waals surface area contributed by atoms with Crippen molar-refractivity contribution in [3.05, 3.63) is 40.2 Å². The number of hydrogen-bond donors (Lipinski definition) is 1. The molecule has 0 unspecified atom stereocenters. The first-order valence-corrected chi connectivity index (χ1v) is 10.4. The van der Waals surface area contributed by atoms with Crippen molar-refractivity contribution in [3.8, 4) is 11.1 Å². The van der Waals surface area contributed by atoms with Crippen molar-refractivity contribution in [2.45, 2.75) is 6.92 Å². The summed E-state index contributed by atoms with van der Waals surface area (Å²) in [6.45, 7) is 5.83. The van der Waals surface area contributed by atoms with Crippen molar-refractivity contribution in [2.24, 2.45) is 0 Å². The highest BCUT2D eigenvalue weighted by atomic mass is 35.5. The number of thiophene rings is 1. The van der Waals surface area contributed by atoms with Crippen LogP contribution in [0.25, 0.3) is 11.1 Å². The number of piperazine rings is 1. The van der Waals surface area contributed by atoms with E-state index < -0.39 is 5.97 Å². The van der Waals surface area contributed by atoms with Crippen molar-refractivity contribution in [2.75, 3.05) is 51.7 Å². The molecule has 150 valence electrons. The number of amides is 1. The molecule has 0 aliphatic carbocycles. The number of carbonyl (C=O) groups excluding carboxylic acids is 2. The molecule has 6 nitrogen and oxygen atoms in total. The van der Waals surface area contributed by atoms with E-state index in [9.17, 15) is 9.59 Å². The van der Waals surface area contributed by atoms with Crippen LogP contribution in [0, 0.1) is 0 Å². The zero-order valence-electron chi connectivity index (χ0n) is 16.0. The van der Waals surface area contributed by atoms with Gasteiger partial charge in [-0.1, -0.05) is 41.9 Å². The number of ether oxygens (including phenoxy) is 1. The number of likely N-dealkylation sites (N-methyl/N-ethyl adjacent to an activating group) is 1. The number of rotatable bonds is 6. The molecule has 0 bridgehead atoms. The summed E-state index contributed by atoms with van der Waals surface area (Å²) in [5.74, 6) is -0.646. The van der Waals surface area contributed by atoms with Gasteiger partial charge in [0.1, 0.15) is 14.9 Å². The van der Waals surface area contributed by atoms with Crippen LogP contribution in [0.2, 0.25) is 4.34 Å². The van der Waals surface area contributed by atoms with Crippen molar-refractivity contribution in [1.29, 1.82) is 0 Å². The summed E-state index contributed by atoms with van der Waals surface area (Å²) in [5.41, 5.74) is 1.72. The third-order valence-corrected chi connectivity index (χ3v) is 5.94. The molecule has 1 aromatic carbocycles. The highest BCUT2D eigenvalue weighted by Gasteiger charge is 2.27. The Hall–Kier alpha value is -1.93. The number of anilines is 1. The van der Waals surface area contributed by atoms with E-state index in [4.69, 9.17) is 16.3 Å². The molecule has 3 rings (SSSR count). The summed E-state index contributed by atoms with van der Waals surface area (Å²) in [6, 6.07) is 9.42. The predicted molar refractivity (Wildman–Crippen MR) is 113 cm³/mol. The second-order valence-corrected chi connectivity index (χ2v) is 8.29. The highest BCUT2D eigenvalue weighted by molar-refractivity contribution is 7.21. The zero-order valence-corrected chi connectivity index (χ0v) is 17.6. The number of esters is 1. The van der Waals surface area contributed by atoms with E-state index in [0.717, 1.165) is 31.7 Å². The molecule has 8 heteroatoms. The molecule has 0 spiro atoms. The third-order valence-electron chi connectivity index (χ3n) is 4.62. The van der Waals surface area contributed by atoms with Crippen LogP contribution >= 0.6 is 22.9 Å². The van der Waals surface area contributed by atoms with Crippen LogP contribution in [0.4, 0.5) is 5.00 Å². The summed E-state index contributed by atoms with van der Waals surface area (Å²) in [6.07, 6.45) is 0. The van der Waals surface area contributed by atoms with E-state index in [-0.39, 0.29) is 19.1 Å². The average Bonchev–Trinajstić information content (AvgIpc) is 3.00. The van der Waals surface area contributed by atoms with E-state index in [2.05, 4.69) is 22.2 Å². The molecule has 0 radical (unpaired) electrons. The first kappa shape index (κ1) is 20.8. The van der Waals surface area contributed by atoms with Gasteiger partial charge >= 0.3 is 5.97 Å². The maximum absolute atomic E-state index is 12.6. The maximum Gasteiger partial charge on any atom is 0.341 e. The number of benzene rings is 1. The second-order valence-electron chi connectivity index (χ2n) is 6.67. The molecule has 1 saturated heterocycles. The molecule has 1 N–H and O–H groups in total. The first-order valence-electron chi connectivity index (χ1n) is 9.25. The van der Waals surface area contributed by atoms with Gasteiger partial charge in [-0.3, -0.25) is 9.69 Å². The molecule has 1 aromatic heterocycles. The number of halogens is 1. The van der Waals surface area contributed by atoms with Crippen LogP contribution in [0.1, 0.15) is 17.3 Å². The molecule has 1 aliphatic rings. The minimum atomic E-state index is -0.487. The zero-order chi connectivity index (χ0) is 20.1. The lowest BCUT2D eigenvalue weighted by Gasteiger charge is -2.31. The number of nitrogens with one attached hydrogen (secondary N) is 1. The number of nitrogens with zero attached hydrogens (tertiary/aromatic N) is 2. The fraction of sp³-hybridized carbons (Fsp3) is 0.400. The van der Waals surface area contributed by atoms with E-state index >= 15 is 0 Å². The highest BCUT2D eigenvalue weighted by Crippen LogP contribution is 2.43. The third kappa shape index (κ3) is 4.91. The Morgan fingerprint density at radius 1 is 1.18 bits per heavy atom. The fourth-order valence-corrected chi connectivity index (χ4v) is 4.52. The van der Waals surface area contributed by atoms with Crippen LogP contribution < -0.4 is 5.32 Å². The lowest BCUT2D eigenvalue weighted by atomic mass is 10.0. The van der Waals surface area contributed by atoms with Crippen molar-refractivity contribution in [3.63, 3.8) is 0 Å². The van der Waals surface area contributed by atoms with Gasteiger partial charge in [0.2, 0.25) is 5.91 Å². The molecule has 2 aromatic rings. The molecular formula is C20H24ClN3O3S. The van der Waals surface area contributed by atoms with Crippen LogP contribution in [-0.2, 0) is 9.53 Å². The molecule has 1 amide bonds. The Balaban J connectivity index is 1.84. The monoisotopic (exact) mass is 421 g/mol. The number of hydrogen-bond acceptors (Lipinski definition) is 6. The minimum Gasteiger partial charge on any atom is -0.462 e. The van der Waals surface area contributed by atoms with Gasteiger partial charge in [0.25, 0.3) is 0 Å². The minimum absolute atomic E-state index is 0.160. The molecule has 0 saturated carbocycles. The predicted octanol–water partition coefficient (Wildman–Crippen LogP) is 3.43. The van der Waals surface area contributed by atoms with Crippen LogP contribution in [-0.4, -0.2) is 68.1 Å². The van der Waals surface area contributed by atoms with Gasteiger partial charge in [0.05, 0.1) is 13.2 Å². The smallest absolute Gasteiger partial charge is 0.341 e. The summed E-state index contributed by atoms with van der Waals surface area (Å²) in [5, 5.41) is 3.31. The average molecular weight is 422 g/mol. The van der Waals surface area contributed by atoms with Gasteiger partial charge in [0.15, 0.2) is 0 Å². The summed E-state index contributed by atoms with van der Waals surface area (Å²) >= 11 is 7.65. The molecule has 0 atom stereocenters. The van der Waals surface area contributed by atoms with E-state index in [1.165, 1.54) is 11.3 Å². The van der Waals surface area contributed by atoms with E-state index in [0.29, 0.717) is 20.5 Å². The summed E-state index contributed by atoms with van der Waals surface area (Å²) < 4.78 is 5.68. The SMILES string of the molecule is CCOC(=O)c1c(NC(=O)CN2CCN(C)CC2)sc(Cl)c1-c1ccccc1. The summed E-state index contributed by atoms with van der Waals surface area (Å²) in [7, 11) is 2.07. The molecular weight excluding hydrogens is 398 g/mol. The molecule has 1 aliphatic heterocycles. The quantitative estimate of drug-likeness (QED) is 0.724. The topological polar surface area (TPSA) is 61.9 Å². The Morgan fingerprint density at radius 3 is 2.50 bits per heavy atom. The lowest BCUT2D eigenvalue weighted by molar-refractivity contribution is -0.117. The summed E-state index contributed by atoms with van der Waals surface area (Å²) in [4.78, 5) is 29.6. The second kappa shape index (κ2) is 9.52. The van der Waals surface area contributed by atoms with Crippen molar-refractivity contribution in [1.82, 2.24) is 9.80 Å². The van der Waals surface area contributed by atoms with Gasteiger partial charge in [0, 0.05) is 31.7 Å². The van der Waals surface area contributed by atoms with Crippen LogP contribution in [0.3, 0.4) is 0 Å². The van der Waals surface area contributed by atoms with E-state index in [1.807, 2.05) is 30.3 Å². The Kier molecular flexibility index (Phi) is 7.07. The normalized spacial score (nSPS) is 15.4. The molecule has 28 heavy (non-hydrogen) atoms. The van der Waals surface area contributed by atoms with Crippen LogP contribution in [0.5, 0.6) is 0 Å². The standard InChI is InChI=1S/C20H24ClN3O3S/c1-3-27-20(26)17-16(14-7-5-4-6-8-14)18(21)28-19(17)22-15(25)13-24-11-9-23(2)10-12-24/h4-8H,3,9-13H2,1-2H3,(H,22,25). The van der Waals surface area contributed by atoms with Gasteiger partial charge in [-0.15, -0.1) is 11.3 Å². The Bertz CT molecular complexity index is 833. The molecule has 1 fully saturated rings. The van der Waals surface area contributed by atoms with E-state index in [1.54, 1.807) is 6.92 Å². The maximum atomic E-state index is 12.6.